The molecule has 1 heterocycles. The van der Waals surface area contributed by atoms with E-state index in [9.17, 15) is 4.79 Å². The van der Waals surface area contributed by atoms with Crippen LogP contribution < -0.4 is 10.1 Å². The van der Waals surface area contributed by atoms with Crippen LogP contribution >= 0.6 is 23.4 Å². The number of H-pyrrole nitrogens is 1. The number of carbonyl (C=O) groups excluding carboxylic acids is 1. The van der Waals surface area contributed by atoms with Crippen LogP contribution in [0.4, 0.5) is 0 Å². The van der Waals surface area contributed by atoms with Crippen LogP contribution in [0.5, 0.6) is 5.75 Å². The number of aromatic nitrogens is 3. The molecule has 0 fully saturated rings. The highest BCUT2D eigenvalue weighted by Gasteiger charge is 2.08. The lowest BCUT2D eigenvalue weighted by Crippen LogP contribution is -2.27. The van der Waals surface area contributed by atoms with Crippen molar-refractivity contribution in [3.63, 3.8) is 0 Å². The average Bonchev–Trinajstić information content (AvgIpc) is 3.16. The molecule has 2 N–H and O–H groups in total. The van der Waals surface area contributed by atoms with E-state index in [4.69, 9.17) is 16.3 Å². The third kappa shape index (κ3) is 6.28. The number of carbonyl (C=O) groups is 1. The summed E-state index contributed by atoms with van der Waals surface area (Å²) in [5.41, 5.74) is 2.15. The van der Waals surface area contributed by atoms with Crippen molar-refractivity contribution >= 4 is 29.3 Å². The number of aromatic amines is 1. The van der Waals surface area contributed by atoms with Crippen LogP contribution in [0.1, 0.15) is 17.0 Å². The molecule has 0 aliphatic rings. The number of ether oxygens (including phenoxy) is 1. The molecule has 146 valence electrons. The van der Waals surface area contributed by atoms with Crippen molar-refractivity contribution < 1.29 is 9.53 Å². The standard InChI is InChI=1S/C20H21ClN4O2S/c1-14-11-16(7-8-17(14)21)27-12-18-23-20(25-24-18)28-13-19(26)22-10-9-15-5-3-2-4-6-15/h2-8,11H,9-10,12-13H2,1H3,(H,22,26)(H,23,24,25). The lowest BCUT2D eigenvalue weighted by Gasteiger charge is -2.05. The molecule has 2 aromatic carbocycles. The first-order valence-electron chi connectivity index (χ1n) is 8.84. The van der Waals surface area contributed by atoms with Crippen molar-refractivity contribution in [2.24, 2.45) is 0 Å². The average molecular weight is 417 g/mol. The molecule has 6 nitrogen and oxygen atoms in total. The Morgan fingerprint density at radius 2 is 2.07 bits per heavy atom. The van der Waals surface area contributed by atoms with Gasteiger partial charge in [0, 0.05) is 11.6 Å². The van der Waals surface area contributed by atoms with E-state index in [2.05, 4.69) is 20.5 Å². The molecule has 3 rings (SSSR count). The number of halogens is 1. The minimum Gasteiger partial charge on any atom is -0.486 e. The molecular formula is C20H21ClN4O2S. The minimum absolute atomic E-state index is 0.0415. The second kappa shape index (κ2) is 10.1. The van der Waals surface area contributed by atoms with E-state index in [1.165, 1.54) is 17.3 Å². The van der Waals surface area contributed by atoms with E-state index >= 15 is 0 Å². The van der Waals surface area contributed by atoms with Crippen LogP contribution in [0.2, 0.25) is 5.02 Å². The van der Waals surface area contributed by atoms with Gasteiger partial charge in [-0.1, -0.05) is 53.7 Å². The summed E-state index contributed by atoms with van der Waals surface area (Å²) >= 11 is 7.29. The van der Waals surface area contributed by atoms with E-state index in [1.54, 1.807) is 12.1 Å². The summed E-state index contributed by atoms with van der Waals surface area (Å²) in [4.78, 5) is 16.3. The Hall–Kier alpha value is -2.51. The first-order valence-corrected chi connectivity index (χ1v) is 10.2. The molecule has 0 aliphatic carbocycles. The van der Waals surface area contributed by atoms with Crippen LogP contribution in [0.3, 0.4) is 0 Å². The van der Waals surface area contributed by atoms with E-state index in [1.807, 2.05) is 43.3 Å². The number of benzene rings is 2. The number of nitrogens with zero attached hydrogens (tertiary/aromatic N) is 2. The Morgan fingerprint density at radius 1 is 1.25 bits per heavy atom. The van der Waals surface area contributed by atoms with Crippen molar-refractivity contribution in [2.75, 3.05) is 12.3 Å². The zero-order chi connectivity index (χ0) is 19.8. The van der Waals surface area contributed by atoms with E-state index in [0.717, 1.165) is 12.0 Å². The molecule has 1 amide bonds. The highest BCUT2D eigenvalue weighted by Crippen LogP contribution is 2.21. The van der Waals surface area contributed by atoms with Crippen LogP contribution in [-0.4, -0.2) is 33.4 Å². The number of thioether (sulfide) groups is 1. The van der Waals surface area contributed by atoms with E-state index in [0.29, 0.717) is 28.3 Å². The molecule has 28 heavy (non-hydrogen) atoms. The second-order valence-electron chi connectivity index (χ2n) is 6.14. The van der Waals surface area contributed by atoms with Crippen molar-refractivity contribution in [3.05, 3.63) is 70.5 Å². The van der Waals surface area contributed by atoms with Gasteiger partial charge in [-0.25, -0.2) is 4.98 Å². The molecule has 0 saturated heterocycles. The summed E-state index contributed by atoms with van der Waals surface area (Å²) < 4.78 is 5.68. The summed E-state index contributed by atoms with van der Waals surface area (Å²) in [5.74, 6) is 1.54. The van der Waals surface area contributed by atoms with Crippen LogP contribution in [0.25, 0.3) is 0 Å². The van der Waals surface area contributed by atoms with Gasteiger partial charge in [0.1, 0.15) is 12.4 Å². The predicted molar refractivity (Wildman–Crippen MR) is 111 cm³/mol. The van der Waals surface area contributed by atoms with Crippen LogP contribution in [0, 0.1) is 6.92 Å². The summed E-state index contributed by atoms with van der Waals surface area (Å²) in [6, 6.07) is 15.5. The third-order valence-corrected chi connectivity index (χ3v) is 5.20. The number of amides is 1. The van der Waals surface area contributed by atoms with Gasteiger partial charge >= 0.3 is 0 Å². The molecule has 0 atom stereocenters. The zero-order valence-corrected chi connectivity index (χ0v) is 17.0. The molecule has 0 spiro atoms. The fraction of sp³-hybridized carbons (Fsp3) is 0.250. The fourth-order valence-electron chi connectivity index (χ4n) is 2.44. The summed E-state index contributed by atoms with van der Waals surface area (Å²) in [6.07, 6.45) is 0.809. The van der Waals surface area contributed by atoms with Crippen molar-refractivity contribution in [3.8, 4) is 5.75 Å². The number of hydrogen-bond donors (Lipinski definition) is 2. The Labute approximate surface area is 173 Å². The van der Waals surface area contributed by atoms with Gasteiger partial charge < -0.3 is 10.1 Å². The highest BCUT2D eigenvalue weighted by atomic mass is 35.5. The maximum absolute atomic E-state index is 12.0. The third-order valence-electron chi connectivity index (χ3n) is 3.93. The van der Waals surface area contributed by atoms with Gasteiger partial charge in [-0.2, -0.15) is 0 Å². The van der Waals surface area contributed by atoms with Gasteiger partial charge in [-0.15, -0.1) is 5.10 Å². The smallest absolute Gasteiger partial charge is 0.230 e. The zero-order valence-electron chi connectivity index (χ0n) is 15.4. The number of hydrogen-bond acceptors (Lipinski definition) is 5. The molecule has 0 bridgehead atoms. The molecule has 0 radical (unpaired) electrons. The molecule has 0 aliphatic heterocycles. The highest BCUT2D eigenvalue weighted by molar-refractivity contribution is 7.99. The monoisotopic (exact) mass is 416 g/mol. The largest absolute Gasteiger partial charge is 0.486 e. The van der Waals surface area contributed by atoms with E-state index < -0.39 is 0 Å². The Balaban J connectivity index is 1.38. The van der Waals surface area contributed by atoms with Gasteiger partial charge in [-0.3, -0.25) is 9.89 Å². The fourth-order valence-corrected chi connectivity index (χ4v) is 3.20. The quantitative estimate of drug-likeness (QED) is 0.518. The predicted octanol–water partition coefficient (Wildman–Crippen LogP) is 3.80. The summed E-state index contributed by atoms with van der Waals surface area (Å²) in [7, 11) is 0. The lowest BCUT2D eigenvalue weighted by atomic mass is 10.1. The first-order chi connectivity index (χ1) is 13.6. The van der Waals surface area contributed by atoms with Crippen molar-refractivity contribution in [2.45, 2.75) is 25.1 Å². The van der Waals surface area contributed by atoms with Crippen molar-refractivity contribution in [1.82, 2.24) is 20.5 Å². The SMILES string of the molecule is Cc1cc(OCc2nc(SCC(=O)NCCc3ccccc3)n[nH]2)ccc1Cl. The minimum atomic E-state index is -0.0415. The Kier molecular flexibility index (Phi) is 7.33. The number of nitrogens with one attached hydrogen (secondary N) is 2. The molecule has 1 aromatic heterocycles. The van der Waals surface area contributed by atoms with Gasteiger partial charge in [0.15, 0.2) is 5.82 Å². The lowest BCUT2D eigenvalue weighted by molar-refractivity contribution is -0.118. The molecular weight excluding hydrogens is 396 g/mol. The summed E-state index contributed by atoms with van der Waals surface area (Å²) in [6.45, 7) is 2.79. The number of aryl methyl sites for hydroxylation is 1. The maximum Gasteiger partial charge on any atom is 0.230 e. The van der Waals surface area contributed by atoms with Gasteiger partial charge in [0.2, 0.25) is 11.1 Å². The Morgan fingerprint density at radius 3 is 2.86 bits per heavy atom. The van der Waals surface area contributed by atoms with Crippen molar-refractivity contribution in [1.29, 1.82) is 0 Å². The van der Waals surface area contributed by atoms with Gasteiger partial charge in [0.25, 0.3) is 0 Å². The normalized spacial score (nSPS) is 10.6. The summed E-state index contributed by atoms with van der Waals surface area (Å²) in [5, 5.41) is 11.1. The number of rotatable bonds is 9. The molecule has 3 aromatic rings. The van der Waals surface area contributed by atoms with Gasteiger partial charge in [0.05, 0.1) is 5.75 Å². The second-order valence-corrected chi connectivity index (χ2v) is 7.49. The molecule has 0 unspecified atom stereocenters. The van der Waals surface area contributed by atoms with E-state index in [-0.39, 0.29) is 18.3 Å². The van der Waals surface area contributed by atoms with Gasteiger partial charge in [-0.05, 0) is 42.7 Å². The maximum atomic E-state index is 12.0. The van der Waals surface area contributed by atoms with Crippen LogP contribution in [-0.2, 0) is 17.8 Å². The molecule has 0 saturated carbocycles. The first kappa shape index (κ1) is 20.2. The molecule has 8 heteroatoms. The Bertz CT molecular complexity index is 918. The topological polar surface area (TPSA) is 79.9 Å². The van der Waals surface area contributed by atoms with Crippen LogP contribution in [0.15, 0.2) is 53.7 Å².